The molecule has 3 nitrogen and oxygen atoms in total. The molecule has 0 radical (unpaired) electrons. The Labute approximate surface area is 141 Å². The normalized spacial score (nSPS) is 24.7. The highest BCUT2D eigenvalue weighted by Crippen LogP contribution is 2.36. The van der Waals surface area contributed by atoms with E-state index in [0.29, 0.717) is 6.54 Å². The molecule has 1 fully saturated rings. The predicted molar refractivity (Wildman–Crippen MR) is 89.8 cm³/mol. The lowest BCUT2D eigenvalue weighted by Crippen LogP contribution is -2.33. The van der Waals surface area contributed by atoms with Crippen molar-refractivity contribution in [2.45, 2.75) is 31.7 Å². The van der Waals surface area contributed by atoms with Gasteiger partial charge < -0.3 is 5.32 Å². The fourth-order valence-electron chi connectivity index (χ4n) is 3.68. The van der Waals surface area contributed by atoms with Gasteiger partial charge in [0.05, 0.1) is 5.02 Å². The first-order valence-corrected chi connectivity index (χ1v) is 8.56. The number of likely N-dealkylation sites (tertiary alicyclic amines) is 1. The zero-order valence-electron chi connectivity index (χ0n) is 13.3. The van der Waals surface area contributed by atoms with Gasteiger partial charge in [-0.25, -0.2) is 4.39 Å². The average molecular weight is 337 g/mol. The van der Waals surface area contributed by atoms with Crippen molar-refractivity contribution < 1.29 is 9.18 Å². The van der Waals surface area contributed by atoms with E-state index in [1.807, 2.05) is 19.2 Å². The lowest BCUT2D eigenvalue weighted by molar-refractivity contribution is -0.117. The van der Waals surface area contributed by atoms with Crippen LogP contribution in [0.3, 0.4) is 0 Å². The summed E-state index contributed by atoms with van der Waals surface area (Å²) in [6, 6.07) is 5.12. The van der Waals surface area contributed by atoms with E-state index < -0.39 is 0 Å². The number of amides is 1. The van der Waals surface area contributed by atoms with E-state index in [1.165, 1.54) is 6.07 Å². The van der Waals surface area contributed by atoms with Crippen LogP contribution in [0.1, 0.15) is 37.3 Å². The summed E-state index contributed by atoms with van der Waals surface area (Å²) in [6.45, 7) is 1.56. The Morgan fingerprint density at radius 3 is 3.00 bits per heavy atom. The van der Waals surface area contributed by atoms with Gasteiger partial charge in [-0.15, -0.1) is 0 Å². The van der Waals surface area contributed by atoms with Crippen molar-refractivity contribution in [2.24, 2.45) is 5.92 Å². The van der Waals surface area contributed by atoms with Crippen molar-refractivity contribution in [3.05, 3.63) is 46.3 Å². The Morgan fingerprint density at radius 1 is 1.48 bits per heavy atom. The third-order valence-corrected chi connectivity index (χ3v) is 5.22. The van der Waals surface area contributed by atoms with E-state index in [-0.39, 0.29) is 28.7 Å². The van der Waals surface area contributed by atoms with Gasteiger partial charge in [-0.3, -0.25) is 9.69 Å². The van der Waals surface area contributed by atoms with Gasteiger partial charge >= 0.3 is 0 Å². The molecule has 0 aromatic heterocycles. The molecule has 1 aliphatic carbocycles. The van der Waals surface area contributed by atoms with Crippen molar-refractivity contribution >= 4 is 17.5 Å². The molecule has 23 heavy (non-hydrogen) atoms. The monoisotopic (exact) mass is 336 g/mol. The number of nitrogens with zero attached hydrogens (tertiary/aromatic N) is 1. The lowest BCUT2D eigenvalue weighted by atomic mass is 9.93. The Kier molecular flexibility index (Phi) is 5.02. The maximum absolute atomic E-state index is 13.8. The molecule has 2 aliphatic rings. The van der Waals surface area contributed by atoms with Crippen LogP contribution in [0.4, 0.5) is 4.39 Å². The quantitative estimate of drug-likeness (QED) is 0.909. The highest BCUT2D eigenvalue weighted by molar-refractivity contribution is 6.30. The molecular weight excluding hydrogens is 315 g/mol. The van der Waals surface area contributed by atoms with Crippen molar-refractivity contribution in [3.63, 3.8) is 0 Å². The van der Waals surface area contributed by atoms with Crippen molar-refractivity contribution in [1.82, 2.24) is 10.2 Å². The number of allylic oxidation sites excluding steroid dienone is 1. The van der Waals surface area contributed by atoms with Gasteiger partial charge in [0.15, 0.2) is 0 Å². The van der Waals surface area contributed by atoms with E-state index in [1.54, 1.807) is 6.07 Å². The van der Waals surface area contributed by atoms with E-state index in [9.17, 15) is 9.18 Å². The first kappa shape index (κ1) is 16.5. The van der Waals surface area contributed by atoms with E-state index >= 15 is 0 Å². The van der Waals surface area contributed by atoms with Crippen LogP contribution in [0, 0.1) is 11.7 Å². The molecule has 3 rings (SSSR count). The summed E-state index contributed by atoms with van der Waals surface area (Å²) >= 11 is 5.78. The second kappa shape index (κ2) is 7.02. The fraction of sp³-hybridized carbons (Fsp3) is 0.500. The summed E-state index contributed by atoms with van der Waals surface area (Å²) in [7, 11) is 2.04. The molecule has 1 aromatic rings. The summed E-state index contributed by atoms with van der Waals surface area (Å²) in [5.74, 6) is -0.0482. The maximum Gasteiger partial charge on any atom is 0.246 e. The standard InChI is InChI=1S/C18H22ClFN2O/c1-22-9-8-14(11-21-18(23)12-4-2-3-5-12)17(22)13-6-7-15(19)16(20)10-13/h4,6-7,10,14,17H,2-3,5,8-9,11H2,1H3,(H,21,23)/t14-,17-/m0/s1. The number of carbonyl (C=O) groups excluding carboxylic acids is 1. The first-order chi connectivity index (χ1) is 11.1. The van der Waals surface area contributed by atoms with Crippen LogP contribution in [-0.2, 0) is 4.79 Å². The Morgan fingerprint density at radius 2 is 2.30 bits per heavy atom. The van der Waals surface area contributed by atoms with Gasteiger partial charge in [-0.05, 0) is 62.9 Å². The van der Waals surface area contributed by atoms with Crippen LogP contribution in [-0.4, -0.2) is 30.9 Å². The van der Waals surface area contributed by atoms with Gasteiger partial charge in [0, 0.05) is 18.2 Å². The third-order valence-electron chi connectivity index (χ3n) is 4.92. The van der Waals surface area contributed by atoms with Gasteiger partial charge in [-0.1, -0.05) is 23.7 Å². The highest BCUT2D eigenvalue weighted by Gasteiger charge is 2.33. The SMILES string of the molecule is CN1CC[C@@H](CNC(=O)C2=CCCC2)[C@@H]1c1ccc(Cl)c(F)c1. The molecule has 5 heteroatoms. The second-order valence-electron chi connectivity index (χ2n) is 6.48. The summed E-state index contributed by atoms with van der Waals surface area (Å²) in [6.07, 6.45) is 5.97. The zero-order chi connectivity index (χ0) is 16.4. The molecule has 0 saturated carbocycles. The molecule has 1 saturated heterocycles. The van der Waals surface area contributed by atoms with Crippen LogP contribution in [0.25, 0.3) is 0 Å². The number of halogens is 2. The largest absolute Gasteiger partial charge is 0.352 e. The second-order valence-corrected chi connectivity index (χ2v) is 6.89. The van der Waals surface area contributed by atoms with Crippen molar-refractivity contribution in [2.75, 3.05) is 20.1 Å². The van der Waals surface area contributed by atoms with Gasteiger partial charge in [0.1, 0.15) is 5.82 Å². The Bertz CT molecular complexity index is 631. The molecule has 1 heterocycles. The number of nitrogens with one attached hydrogen (secondary N) is 1. The first-order valence-electron chi connectivity index (χ1n) is 8.18. The van der Waals surface area contributed by atoms with Crippen LogP contribution < -0.4 is 5.32 Å². The van der Waals surface area contributed by atoms with E-state index in [0.717, 1.165) is 43.4 Å². The summed E-state index contributed by atoms with van der Waals surface area (Å²) in [5, 5.41) is 3.20. The van der Waals surface area contributed by atoms with E-state index in [2.05, 4.69) is 10.2 Å². The van der Waals surface area contributed by atoms with Crippen LogP contribution in [0.2, 0.25) is 5.02 Å². The van der Waals surface area contributed by atoms with Crippen LogP contribution in [0.15, 0.2) is 29.8 Å². The summed E-state index contributed by atoms with van der Waals surface area (Å²) in [4.78, 5) is 14.4. The number of rotatable bonds is 4. The smallest absolute Gasteiger partial charge is 0.246 e. The number of hydrogen-bond donors (Lipinski definition) is 1. The minimum atomic E-state index is -0.386. The number of carbonyl (C=O) groups is 1. The average Bonchev–Trinajstić information content (AvgIpc) is 3.18. The Hall–Kier alpha value is -1.39. The maximum atomic E-state index is 13.8. The number of benzene rings is 1. The lowest BCUT2D eigenvalue weighted by Gasteiger charge is -2.26. The van der Waals surface area contributed by atoms with Gasteiger partial charge in [0.25, 0.3) is 0 Å². The molecule has 1 N–H and O–H groups in total. The molecule has 2 atom stereocenters. The van der Waals surface area contributed by atoms with Gasteiger partial charge in [0.2, 0.25) is 5.91 Å². The fourth-order valence-corrected chi connectivity index (χ4v) is 3.79. The van der Waals surface area contributed by atoms with Crippen molar-refractivity contribution in [1.29, 1.82) is 0 Å². The van der Waals surface area contributed by atoms with Gasteiger partial charge in [-0.2, -0.15) is 0 Å². The minimum absolute atomic E-state index is 0.0538. The Balaban J connectivity index is 1.68. The topological polar surface area (TPSA) is 32.3 Å². The molecule has 1 aliphatic heterocycles. The molecule has 124 valence electrons. The van der Waals surface area contributed by atoms with E-state index in [4.69, 9.17) is 11.6 Å². The molecule has 0 spiro atoms. The molecular formula is C18H22ClFN2O. The molecule has 1 amide bonds. The highest BCUT2D eigenvalue weighted by atomic mass is 35.5. The summed E-state index contributed by atoms with van der Waals surface area (Å²) in [5.41, 5.74) is 1.83. The predicted octanol–water partition coefficient (Wildman–Crippen LogP) is 3.70. The third kappa shape index (κ3) is 3.59. The number of hydrogen-bond acceptors (Lipinski definition) is 2. The summed E-state index contributed by atoms with van der Waals surface area (Å²) < 4.78 is 13.8. The minimum Gasteiger partial charge on any atom is -0.352 e. The molecule has 0 unspecified atom stereocenters. The van der Waals surface area contributed by atoms with Crippen LogP contribution >= 0.6 is 11.6 Å². The van der Waals surface area contributed by atoms with Crippen molar-refractivity contribution in [3.8, 4) is 0 Å². The molecule has 0 bridgehead atoms. The van der Waals surface area contributed by atoms with Crippen LogP contribution in [0.5, 0.6) is 0 Å². The molecule has 1 aromatic carbocycles. The zero-order valence-corrected chi connectivity index (χ0v) is 14.1.